The molecule has 1 heterocycles. The Bertz CT molecular complexity index is 251. The summed E-state index contributed by atoms with van der Waals surface area (Å²) in [6.07, 6.45) is 3.43. The molecule has 0 saturated carbocycles. The first-order chi connectivity index (χ1) is 4.74. The molecule has 0 aliphatic carbocycles. The molecule has 4 nitrogen and oxygen atoms in total. The van der Waals surface area contributed by atoms with Gasteiger partial charge in [0.25, 0.3) is 0 Å². The largest absolute Gasteiger partial charge is 0.411 e. The van der Waals surface area contributed by atoms with E-state index in [0.29, 0.717) is 5.71 Å². The lowest BCUT2D eigenvalue weighted by atomic mass is 10.2. The van der Waals surface area contributed by atoms with Gasteiger partial charge in [0.15, 0.2) is 0 Å². The van der Waals surface area contributed by atoms with Crippen molar-refractivity contribution in [3.63, 3.8) is 0 Å². The van der Waals surface area contributed by atoms with Gasteiger partial charge >= 0.3 is 0 Å². The molecule has 10 heavy (non-hydrogen) atoms. The SMILES string of the molecule is C/C(=N\O)c1cnn(C)c1. The Kier molecular flexibility index (Phi) is 1.71. The lowest BCUT2D eigenvalue weighted by Gasteiger charge is -1.87. The van der Waals surface area contributed by atoms with E-state index in [0.717, 1.165) is 5.56 Å². The van der Waals surface area contributed by atoms with E-state index >= 15 is 0 Å². The van der Waals surface area contributed by atoms with Gasteiger partial charge in [-0.3, -0.25) is 4.68 Å². The quantitative estimate of drug-likeness (QED) is 0.352. The summed E-state index contributed by atoms with van der Waals surface area (Å²) in [6, 6.07) is 0. The predicted octanol–water partition coefficient (Wildman–Crippen LogP) is 0.618. The van der Waals surface area contributed by atoms with Crippen LogP contribution < -0.4 is 0 Å². The monoisotopic (exact) mass is 139 g/mol. The molecule has 1 aromatic rings. The maximum atomic E-state index is 8.35. The number of aromatic nitrogens is 2. The van der Waals surface area contributed by atoms with Crippen molar-refractivity contribution in [3.05, 3.63) is 18.0 Å². The minimum atomic E-state index is 0.577. The minimum absolute atomic E-state index is 0.577. The van der Waals surface area contributed by atoms with E-state index in [9.17, 15) is 0 Å². The van der Waals surface area contributed by atoms with Crippen molar-refractivity contribution in [1.82, 2.24) is 9.78 Å². The van der Waals surface area contributed by atoms with E-state index in [1.807, 2.05) is 7.05 Å². The first-order valence-corrected chi connectivity index (χ1v) is 2.91. The Labute approximate surface area is 58.8 Å². The fourth-order valence-electron chi connectivity index (χ4n) is 0.666. The Balaban J connectivity index is 2.95. The minimum Gasteiger partial charge on any atom is -0.411 e. The molecule has 4 heteroatoms. The number of hydrogen-bond acceptors (Lipinski definition) is 3. The molecule has 0 fully saturated rings. The van der Waals surface area contributed by atoms with Gasteiger partial charge in [0.05, 0.1) is 11.9 Å². The smallest absolute Gasteiger partial charge is 0.0868 e. The van der Waals surface area contributed by atoms with Crippen molar-refractivity contribution in [3.8, 4) is 0 Å². The summed E-state index contributed by atoms with van der Waals surface area (Å²) >= 11 is 0. The Hall–Kier alpha value is -1.32. The maximum Gasteiger partial charge on any atom is 0.0868 e. The number of nitrogens with zero attached hydrogens (tertiary/aromatic N) is 3. The van der Waals surface area contributed by atoms with Gasteiger partial charge in [-0.1, -0.05) is 5.16 Å². The lowest BCUT2D eigenvalue weighted by Crippen LogP contribution is -1.91. The molecule has 0 atom stereocenters. The summed E-state index contributed by atoms with van der Waals surface area (Å²) in [5.74, 6) is 0. The molecule has 0 aromatic carbocycles. The lowest BCUT2D eigenvalue weighted by molar-refractivity contribution is 0.319. The zero-order valence-electron chi connectivity index (χ0n) is 5.94. The van der Waals surface area contributed by atoms with Crippen LogP contribution in [0.4, 0.5) is 0 Å². The van der Waals surface area contributed by atoms with Crippen molar-refractivity contribution in [1.29, 1.82) is 0 Å². The van der Waals surface area contributed by atoms with Crippen LogP contribution in [-0.4, -0.2) is 20.7 Å². The molecular formula is C6H9N3O. The van der Waals surface area contributed by atoms with Gasteiger partial charge in [0.1, 0.15) is 0 Å². The van der Waals surface area contributed by atoms with Gasteiger partial charge in [0.2, 0.25) is 0 Å². The normalized spacial score (nSPS) is 12.0. The molecule has 54 valence electrons. The molecule has 1 rings (SSSR count). The van der Waals surface area contributed by atoms with Crippen molar-refractivity contribution < 1.29 is 5.21 Å². The molecule has 0 amide bonds. The molecule has 0 aliphatic rings. The number of aryl methyl sites for hydroxylation is 1. The Morgan fingerprint density at radius 3 is 2.90 bits per heavy atom. The van der Waals surface area contributed by atoms with Crippen LogP contribution in [-0.2, 0) is 7.05 Å². The molecule has 0 radical (unpaired) electrons. The van der Waals surface area contributed by atoms with Gasteiger partial charge in [-0.25, -0.2) is 0 Å². The molecule has 0 bridgehead atoms. The third-order valence-corrected chi connectivity index (χ3v) is 1.27. The van der Waals surface area contributed by atoms with Crippen LogP contribution in [0.1, 0.15) is 12.5 Å². The van der Waals surface area contributed by atoms with Crippen molar-refractivity contribution >= 4 is 5.71 Å². The summed E-state index contributed by atoms with van der Waals surface area (Å²) < 4.78 is 1.66. The summed E-state index contributed by atoms with van der Waals surface area (Å²) in [5, 5.41) is 15.3. The number of rotatable bonds is 1. The average molecular weight is 139 g/mol. The first kappa shape index (κ1) is 6.80. The van der Waals surface area contributed by atoms with Crippen molar-refractivity contribution in [2.45, 2.75) is 6.92 Å². The molecule has 0 spiro atoms. The van der Waals surface area contributed by atoms with Crippen LogP contribution in [0.15, 0.2) is 17.5 Å². The van der Waals surface area contributed by atoms with E-state index in [-0.39, 0.29) is 0 Å². The van der Waals surface area contributed by atoms with E-state index in [4.69, 9.17) is 5.21 Å². The predicted molar refractivity (Wildman–Crippen MR) is 37.2 cm³/mol. The first-order valence-electron chi connectivity index (χ1n) is 2.91. The molecule has 1 N–H and O–H groups in total. The van der Waals surface area contributed by atoms with Crippen molar-refractivity contribution in [2.75, 3.05) is 0 Å². The summed E-state index contributed by atoms with van der Waals surface area (Å²) in [7, 11) is 1.81. The second-order valence-electron chi connectivity index (χ2n) is 2.09. The molecule has 0 unspecified atom stereocenters. The number of hydrogen-bond donors (Lipinski definition) is 1. The van der Waals surface area contributed by atoms with Crippen LogP contribution in [0.3, 0.4) is 0 Å². The summed E-state index contributed by atoms with van der Waals surface area (Å²) in [5.41, 5.74) is 1.41. The van der Waals surface area contributed by atoms with E-state index < -0.39 is 0 Å². The Morgan fingerprint density at radius 1 is 1.80 bits per heavy atom. The zero-order valence-corrected chi connectivity index (χ0v) is 5.94. The third-order valence-electron chi connectivity index (χ3n) is 1.27. The highest BCUT2D eigenvalue weighted by Gasteiger charge is 1.98. The fraction of sp³-hybridized carbons (Fsp3) is 0.333. The molecule has 0 saturated heterocycles. The maximum absolute atomic E-state index is 8.35. The van der Waals surface area contributed by atoms with Gasteiger partial charge in [-0.15, -0.1) is 0 Å². The standard InChI is InChI=1S/C6H9N3O/c1-5(8-10)6-3-7-9(2)4-6/h3-4,10H,1-2H3/b8-5+. The topological polar surface area (TPSA) is 50.4 Å². The van der Waals surface area contributed by atoms with Crippen LogP contribution in [0.5, 0.6) is 0 Å². The van der Waals surface area contributed by atoms with Gasteiger partial charge in [0, 0.05) is 18.8 Å². The second kappa shape index (κ2) is 2.51. The van der Waals surface area contributed by atoms with Crippen LogP contribution in [0.25, 0.3) is 0 Å². The van der Waals surface area contributed by atoms with Gasteiger partial charge in [-0.2, -0.15) is 5.10 Å². The highest BCUT2D eigenvalue weighted by molar-refractivity contribution is 5.97. The van der Waals surface area contributed by atoms with Crippen LogP contribution in [0.2, 0.25) is 0 Å². The zero-order chi connectivity index (χ0) is 7.56. The third kappa shape index (κ3) is 1.15. The molecule has 0 aliphatic heterocycles. The highest BCUT2D eigenvalue weighted by Crippen LogP contribution is 1.97. The van der Waals surface area contributed by atoms with E-state index in [1.165, 1.54) is 0 Å². The number of oxime groups is 1. The second-order valence-corrected chi connectivity index (χ2v) is 2.09. The van der Waals surface area contributed by atoms with Gasteiger partial charge in [-0.05, 0) is 6.92 Å². The fourth-order valence-corrected chi connectivity index (χ4v) is 0.666. The average Bonchev–Trinajstić information content (AvgIpc) is 2.34. The van der Waals surface area contributed by atoms with E-state index in [2.05, 4.69) is 10.3 Å². The molecule has 1 aromatic heterocycles. The summed E-state index contributed by atoms with van der Waals surface area (Å²) in [6.45, 7) is 1.72. The summed E-state index contributed by atoms with van der Waals surface area (Å²) in [4.78, 5) is 0. The Morgan fingerprint density at radius 2 is 2.50 bits per heavy atom. The van der Waals surface area contributed by atoms with Crippen LogP contribution >= 0.6 is 0 Å². The van der Waals surface area contributed by atoms with Gasteiger partial charge < -0.3 is 5.21 Å². The molecular weight excluding hydrogens is 130 g/mol. The highest BCUT2D eigenvalue weighted by atomic mass is 16.4. The van der Waals surface area contributed by atoms with Crippen molar-refractivity contribution in [2.24, 2.45) is 12.2 Å². The van der Waals surface area contributed by atoms with E-state index in [1.54, 1.807) is 24.0 Å². The van der Waals surface area contributed by atoms with Crippen LogP contribution in [0, 0.1) is 0 Å².